The lowest BCUT2D eigenvalue weighted by Crippen LogP contribution is -2.26. The molecule has 32 heavy (non-hydrogen) atoms. The first-order valence-electron chi connectivity index (χ1n) is 9.75. The Morgan fingerprint density at radius 1 is 1.25 bits per heavy atom. The van der Waals surface area contributed by atoms with Gasteiger partial charge in [-0.1, -0.05) is 23.9 Å². The second-order valence-corrected chi connectivity index (χ2v) is 8.88. The molecule has 0 saturated carbocycles. The number of ether oxygens (including phenoxy) is 1. The highest BCUT2D eigenvalue weighted by Crippen LogP contribution is 2.25. The minimum atomic E-state index is -0.379. The van der Waals surface area contributed by atoms with Crippen molar-refractivity contribution in [2.45, 2.75) is 18.6 Å². The van der Waals surface area contributed by atoms with Gasteiger partial charge in [0.2, 0.25) is 5.91 Å². The van der Waals surface area contributed by atoms with Crippen molar-refractivity contribution >= 4 is 39.2 Å². The number of hydrogen-bond donors (Lipinski definition) is 1. The molecule has 0 atom stereocenters. The van der Waals surface area contributed by atoms with E-state index in [4.69, 9.17) is 4.74 Å². The number of hydrogen-bond acceptors (Lipinski definition) is 6. The van der Waals surface area contributed by atoms with Gasteiger partial charge < -0.3 is 10.1 Å². The summed E-state index contributed by atoms with van der Waals surface area (Å²) in [4.78, 5) is 30.2. The lowest BCUT2D eigenvalue weighted by Gasteiger charge is -2.14. The lowest BCUT2D eigenvalue weighted by molar-refractivity contribution is -0.118. The molecule has 2 aromatic heterocycles. The van der Waals surface area contributed by atoms with Crippen LogP contribution in [0.4, 0.5) is 4.39 Å². The molecule has 0 radical (unpaired) electrons. The summed E-state index contributed by atoms with van der Waals surface area (Å²) in [5.74, 6) is 0.222. The third kappa shape index (κ3) is 4.68. The molecule has 0 aliphatic rings. The Morgan fingerprint density at radius 2 is 2.09 bits per heavy atom. The largest absolute Gasteiger partial charge is 0.497 e. The molecule has 2 aromatic carbocycles. The van der Waals surface area contributed by atoms with Gasteiger partial charge in [0.1, 0.15) is 16.3 Å². The van der Waals surface area contributed by atoms with Gasteiger partial charge in [0.05, 0.1) is 24.1 Å². The Labute approximate surface area is 192 Å². The molecule has 0 spiro atoms. The standard InChI is InChI=1S/C23H20FN3O3S2/c1-14-10-16(24)6-7-19(14)27-22(29)21-18(8-9-31-21)26-23(27)32-13-20(28)25-12-15-4-3-5-17(11-15)30-2/h3-11H,12-13H2,1-2H3,(H,25,28). The van der Waals surface area contributed by atoms with E-state index in [1.165, 1.54) is 28.0 Å². The van der Waals surface area contributed by atoms with Crippen molar-refractivity contribution in [3.8, 4) is 11.4 Å². The fourth-order valence-corrected chi connectivity index (χ4v) is 4.83. The predicted octanol–water partition coefficient (Wildman–Crippen LogP) is 4.31. The summed E-state index contributed by atoms with van der Waals surface area (Å²) in [6.45, 7) is 2.09. The number of methoxy groups -OCH3 is 1. The smallest absolute Gasteiger partial charge is 0.276 e. The van der Waals surface area contributed by atoms with Crippen molar-refractivity contribution in [3.63, 3.8) is 0 Å². The van der Waals surface area contributed by atoms with E-state index in [-0.39, 0.29) is 23.0 Å². The molecular formula is C23H20FN3O3S2. The van der Waals surface area contributed by atoms with Crippen LogP contribution in [-0.4, -0.2) is 28.3 Å². The molecule has 1 N–H and O–H groups in total. The minimum Gasteiger partial charge on any atom is -0.497 e. The molecule has 0 unspecified atom stereocenters. The molecule has 0 bridgehead atoms. The summed E-state index contributed by atoms with van der Waals surface area (Å²) in [6, 6.07) is 13.5. The van der Waals surface area contributed by atoms with Gasteiger partial charge in [0, 0.05) is 6.54 Å². The number of carbonyl (C=O) groups is 1. The highest BCUT2D eigenvalue weighted by molar-refractivity contribution is 7.99. The van der Waals surface area contributed by atoms with Crippen LogP contribution in [0.1, 0.15) is 11.1 Å². The van der Waals surface area contributed by atoms with E-state index in [2.05, 4.69) is 10.3 Å². The molecule has 164 valence electrons. The number of nitrogens with zero attached hydrogens (tertiary/aromatic N) is 2. The van der Waals surface area contributed by atoms with E-state index < -0.39 is 0 Å². The molecule has 0 aliphatic carbocycles. The Bertz CT molecular complexity index is 1350. The van der Waals surface area contributed by atoms with E-state index in [1.54, 1.807) is 31.5 Å². The lowest BCUT2D eigenvalue weighted by atomic mass is 10.2. The van der Waals surface area contributed by atoms with Gasteiger partial charge >= 0.3 is 0 Å². The molecule has 1 amide bonds. The van der Waals surface area contributed by atoms with E-state index in [9.17, 15) is 14.0 Å². The van der Waals surface area contributed by atoms with Crippen LogP contribution < -0.4 is 15.6 Å². The zero-order valence-electron chi connectivity index (χ0n) is 17.4. The second kappa shape index (κ2) is 9.54. The Hall–Kier alpha value is -3.17. The fourth-order valence-electron chi connectivity index (χ4n) is 3.24. The van der Waals surface area contributed by atoms with Crippen molar-refractivity contribution in [2.75, 3.05) is 12.9 Å². The number of thioether (sulfide) groups is 1. The topological polar surface area (TPSA) is 73.2 Å². The van der Waals surface area contributed by atoms with Crippen molar-refractivity contribution in [1.82, 2.24) is 14.9 Å². The normalized spacial score (nSPS) is 11.0. The van der Waals surface area contributed by atoms with E-state index in [0.717, 1.165) is 23.1 Å². The first-order chi connectivity index (χ1) is 15.5. The maximum Gasteiger partial charge on any atom is 0.276 e. The molecular weight excluding hydrogens is 449 g/mol. The molecule has 9 heteroatoms. The van der Waals surface area contributed by atoms with Crippen molar-refractivity contribution < 1.29 is 13.9 Å². The van der Waals surface area contributed by atoms with Gasteiger partial charge in [-0.2, -0.15) is 0 Å². The van der Waals surface area contributed by atoms with Crippen LogP contribution in [0.25, 0.3) is 15.9 Å². The average Bonchev–Trinajstić information content (AvgIpc) is 3.26. The van der Waals surface area contributed by atoms with Crippen LogP contribution in [0.5, 0.6) is 5.75 Å². The molecule has 0 saturated heterocycles. The maximum absolute atomic E-state index is 13.6. The number of benzene rings is 2. The number of rotatable bonds is 7. The number of fused-ring (bicyclic) bond motifs is 1. The van der Waals surface area contributed by atoms with E-state index in [0.29, 0.717) is 33.2 Å². The number of halogens is 1. The number of thiophene rings is 1. The quantitative estimate of drug-likeness (QED) is 0.323. The average molecular weight is 470 g/mol. The number of amides is 1. The second-order valence-electron chi connectivity index (χ2n) is 7.02. The van der Waals surface area contributed by atoms with Crippen LogP contribution >= 0.6 is 23.1 Å². The van der Waals surface area contributed by atoms with Crippen LogP contribution in [-0.2, 0) is 11.3 Å². The molecule has 0 fully saturated rings. The first-order valence-corrected chi connectivity index (χ1v) is 11.6. The van der Waals surface area contributed by atoms with Crippen molar-refractivity contribution in [3.05, 3.63) is 81.2 Å². The van der Waals surface area contributed by atoms with Gasteiger partial charge in [-0.25, -0.2) is 9.37 Å². The zero-order valence-corrected chi connectivity index (χ0v) is 19.1. The molecule has 0 aliphatic heterocycles. The summed E-state index contributed by atoms with van der Waals surface area (Å²) in [7, 11) is 1.59. The van der Waals surface area contributed by atoms with Crippen molar-refractivity contribution in [2.24, 2.45) is 0 Å². The summed E-state index contributed by atoms with van der Waals surface area (Å²) >= 11 is 2.47. The fraction of sp³-hybridized carbons (Fsp3) is 0.174. The molecule has 4 aromatic rings. The summed E-state index contributed by atoms with van der Waals surface area (Å²) in [5, 5.41) is 5.05. The highest BCUT2D eigenvalue weighted by Gasteiger charge is 2.17. The molecule has 6 nitrogen and oxygen atoms in total. The molecule has 2 heterocycles. The Kier molecular flexibility index (Phi) is 6.57. The van der Waals surface area contributed by atoms with Crippen molar-refractivity contribution in [1.29, 1.82) is 0 Å². The SMILES string of the molecule is COc1cccc(CNC(=O)CSc2nc3ccsc3c(=O)n2-c2ccc(F)cc2C)c1. The first kappa shape index (κ1) is 22.0. The van der Waals surface area contributed by atoms with Gasteiger partial charge in [-0.05, 0) is 59.8 Å². The molecule has 4 rings (SSSR count). The Morgan fingerprint density at radius 3 is 2.88 bits per heavy atom. The highest BCUT2D eigenvalue weighted by atomic mass is 32.2. The number of nitrogens with one attached hydrogen (secondary N) is 1. The van der Waals surface area contributed by atoms with Crippen LogP contribution in [0.3, 0.4) is 0 Å². The van der Waals surface area contributed by atoms with Crippen LogP contribution in [0.15, 0.2) is 63.9 Å². The predicted molar refractivity (Wildman–Crippen MR) is 125 cm³/mol. The number of carbonyl (C=O) groups excluding carboxylic acids is 1. The Balaban J connectivity index is 1.57. The minimum absolute atomic E-state index is 0.0757. The van der Waals surface area contributed by atoms with E-state index in [1.807, 2.05) is 24.3 Å². The maximum atomic E-state index is 13.6. The number of aryl methyl sites for hydroxylation is 1. The summed E-state index contributed by atoms with van der Waals surface area (Å²) in [6.07, 6.45) is 0. The third-order valence-electron chi connectivity index (χ3n) is 4.81. The van der Waals surface area contributed by atoms with Gasteiger partial charge in [0.25, 0.3) is 5.56 Å². The third-order valence-corrected chi connectivity index (χ3v) is 6.64. The van der Waals surface area contributed by atoms with Crippen LogP contribution in [0.2, 0.25) is 0 Å². The number of aromatic nitrogens is 2. The van der Waals surface area contributed by atoms with Crippen LogP contribution in [0, 0.1) is 12.7 Å². The summed E-state index contributed by atoms with van der Waals surface area (Å²) in [5.41, 5.74) is 2.40. The van der Waals surface area contributed by atoms with Gasteiger partial charge in [0.15, 0.2) is 5.16 Å². The van der Waals surface area contributed by atoms with Gasteiger partial charge in [-0.15, -0.1) is 11.3 Å². The van der Waals surface area contributed by atoms with E-state index >= 15 is 0 Å². The summed E-state index contributed by atoms with van der Waals surface area (Å²) < 4.78 is 20.8. The zero-order chi connectivity index (χ0) is 22.7. The van der Waals surface area contributed by atoms with Gasteiger partial charge in [-0.3, -0.25) is 14.2 Å². The monoisotopic (exact) mass is 469 g/mol.